The van der Waals surface area contributed by atoms with E-state index in [1.54, 1.807) is 11.3 Å². The normalized spacial score (nSPS) is 12.4. The standard InChI is InChI=1S/C14H18N2OS/c1-8-5-6-12(9(2)14(8)17)15-10(3)13-7-18-11(4)16-13/h5-7,10,15,17H,1-4H3. The van der Waals surface area contributed by atoms with E-state index in [0.717, 1.165) is 27.5 Å². The highest BCUT2D eigenvalue weighted by atomic mass is 32.1. The van der Waals surface area contributed by atoms with Gasteiger partial charge in [-0.1, -0.05) is 6.07 Å². The molecule has 3 nitrogen and oxygen atoms in total. The Morgan fingerprint density at radius 1 is 1.28 bits per heavy atom. The summed E-state index contributed by atoms with van der Waals surface area (Å²) in [4.78, 5) is 4.47. The van der Waals surface area contributed by atoms with Crippen molar-refractivity contribution < 1.29 is 5.11 Å². The second-order valence-corrected chi connectivity index (χ2v) is 5.62. The second-order valence-electron chi connectivity index (χ2n) is 4.56. The number of thiazole rings is 1. The number of aromatic hydroxyl groups is 1. The third-order valence-corrected chi connectivity index (χ3v) is 3.88. The summed E-state index contributed by atoms with van der Waals surface area (Å²) in [5, 5.41) is 16.5. The van der Waals surface area contributed by atoms with Crippen molar-refractivity contribution in [1.29, 1.82) is 0 Å². The zero-order valence-corrected chi connectivity index (χ0v) is 11.9. The molecule has 0 aliphatic heterocycles. The maximum absolute atomic E-state index is 9.92. The molecule has 4 heteroatoms. The van der Waals surface area contributed by atoms with Gasteiger partial charge >= 0.3 is 0 Å². The van der Waals surface area contributed by atoms with Gasteiger partial charge in [-0.2, -0.15) is 0 Å². The molecule has 1 atom stereocenters. The van der Waals surface area contributed by atoms with E-state index in [1.165, 1.54) is 0 Å². The van der Waals surface area contributed by atoms with Gasteiger partial charge in [0.15, 0.2) is 0 Å². The van der Waals surface area contributed by atoms with Crippen molar-refractivity contribution in [1.82, 2.24) is 4.98 Å². The Labute approximate surface area is 112 Å². The van der Waals surface area contributed by atoms with E-state index in [1.807, 2.05) is 32.9 Å². The Kier molecular flexibility index (Phi) is 3.57. The fourth-order valence-electron chi connectivity index (χ4n) is 1.88. The summed E-state index contributed by atoms with van der Waals surface area (Å²) in [6, 6.07) is 4.06. The first-order valence-electron chi connectivity index (χ1n) is 5.96. The maximum Gasteiger partial charge on any atom is 0.123 e. The van der Waals surface area contributed by atoms with Crippen molar-refractivity contribution in [3.05, 3.63) is 39.3 Å². The zero-order valence-electron chi connectivity index (χ0n) is 11.1. The fourth-order valence-corrected chi connectivity index (χ4v) is 2.58. The molecule has 1 aromatic carbocycles. The quantitative estimate of drug-likeness (QED) is 0.880. The van der Waals surface area contributed by atoms with Crippen LogP contribution in [0.2, 0.25) is 0 Å². The van der Waals surface area contributed by atoms with Crippen LogP contribution in [-0.2, 0) is 0 Å². The van der Waals surface area contributed by atoms with Crippen LogP contribution in [0, 0.1) is 20.8 Å². The highest BCUT2D eigenvalue weighted by Gasteiger charge is 2.12. The zero-order chi connectivity index (χ0) is 13.3. The van der Waals surface area contributed by atoms with Gasteiger partial charge in [0.05, 0.1) is 16.7 Å². The van der Waals surface area contributed by atoms with Crippen LogP contribution in [0.5, 0.6) is 5.75 Å². The predicted molar refractivity (Wildman–Crippen MR) is 76.5 cm³/mol. The lowest BCUT2D eigenvalue weighted by molar-refractivity contribution is 0.467. The van der Waals surface area contributed by atoms with E-state index in [9.17, 15) is 5.11 Å². The Morgan fingerprint density at radius 2 is 2.00 bits per heavy atom. The van der Waals surface area contributed by atoms with E-state index >= 15 is 0 Å². The molecular weight excluding hydrogens is 244 g/mol. The molecule has 2 aromatic rings. The number of aromatic nitrogens is 1. The van der Waals surface area contributed by atoms with Crippen LogP contribution >= 0.6 is 11.3 Å². The third kappa shape index (κ3) is 2.48. The number of anilines is 1. The van der Waals surface area contributed by atoms with Crippen LogP contribution < -0.4 is 5.32 Å². The Morgan fingerprint density at radius 3 is 2.61 bits per heavy atom. The molecule has 0 saturated carbocycles. The van der Waals surface area contributed by atoms with Crippen molar-refractivity contribution in [2.24, 2.45) is 0 Å². The van der Waals surface area contributed by atoms with Crippen LogP contribution in [-0.4, -0.2) is 10.1 Å². The third-order valence-electron chi connectivity index (χ3n) is 3.09. The minimum absolute atomic E-state index is 0.135. The fraction of sp³-hybridized carbons (Fsp3) is 0.357. The van der Waals surface area contributed by atoms with Crippen LogP contribution in [0.25, 0.3) is 0 Å². The second kappa shape index (κ2) is 4.98. The monoisotopic (exact) mass is 262 g/mol. The van der Waals surface area contributed by atoms with Gasteiger partial charge in [-0.05, 0) is 39.3 Å². The smallest absolute Gasteiger partial charge is 0.123 e. The van der Waals surface area contributed by atoms with E-state index in [0.29, 0.717) is 5.75 Å². The van der Waals surface area contributed by atoms with Crippen LogP contribution in [0.3, 0.4) is 0 Å². The molecule has 0 spiro atoms. The molecule has 2 rings (SSSR count). The van der Waals surface area contributed by atoms with Gasteiger partial charge in [0.1, 0.15) is 5.75 Å². The highest BCUT2D eigenvalue weighted by Crippen LogP contribution is 2.30. The van der Waals surface area contributed by atoms with Crippen LogP contribution in [0.15, 0.2) is 17.5 Å². The summed E-state index contributed by atoms with van der Waals surface area (Å²) in [5.41, 5.74) is 3.78. The molecule has 0 fully saturated rings. The molecule has 2 N–H and O–H groups in total. The van der Waals surface area contributed by atoms with Gasteiger partial charge in [-0.25, -0.2) is 4.98 Å². The van der Waals surface area contributed by atoms with Crippen LogP contribution in [0.1, 0.15) is 34.8 Å². The largest absolute Gasteiger partial charge is 0.507 e. The average molecular weight is 262 g/mol. The number of nitrogens with one attached hydrogen (secondary N) is 1. The van der Waals surface area contributed by atoms with Gasteiger partial charge < -0.3 is 10.4 Å². The van der Waals surface area contributed by atoms with E-state index in [-0.39, 0.29) is 6.04 Å². The molecule has 0 radical (unpaired) electrons. The molecule has 1 heterocycles. The van der Waals surface area contributed by atoms with Gasteiger partial charge in [-0.3, -0.25) is 0 Å². The van der Waals surface area contributed by atoms with Crippen molar-refractivity contribution in [2.75, 3.05) is 5.32 Å². The molecule has 0 saturated heterocycles. The Hall–Kier alpha value is -1.55. The summed E-state index contributed by atoms with van der Waals surface area (Å²) in [7, 11) is 0. The summed E-state index contributed by atoms with van der Waals surface area (Å²) >= 11 is 1.65. The molecule has 0 amide bonds. The number of hydrogen-bond acceptors (Lipinski definition) is 4. The molecule has 0 aliphatic rings. The minimum Gasteiger partial charge on any atom is -0.507 e. The molecule has 18 heavy (non-hydrogen) atoms. The van der Waals surface area contributed by atoms with E-state index in [2.05, 4.69) is 22.6 Å². The highest BCUT2D eigenvalue weighted by molar-refractivity contribution is 7.09. The first-order valence-corrected chi connectivity index (χ1v) is 6.84. The Balaban J connectivity index is 2.22. The minimum atomic E-state index is 0.135. The Bertz CT molecular complexity index is 563. The summed E-state index contributed by atoms with van der Waals surface area (Å²) in [5.74, 6) is 0.363. The average Bonchev–Trinajstić information content (AvgIpc) is 2.77. The molecule has 1 aromatic heterocycles. The first-order chi connectivity index (χ1) is 8.49. The van der Waals surface area contributed by atoms with E-state index in [4.69, 9.17) is 0 Å². The molecule has 0 aliphatic carbocycles. The number of rotatable bonds is 3. The molecular formula is C14H18N2OS. The lowest BCUT2D eigenvalue weighted by Crippen LogP contribution is -2.08. The topological polar surface area (TPSA) is 45.2 Å². The van der Waals surface area contributed by atoms with E-state index < -0.39 is 0 Å². The SMILES string of the molecule is Cc1nc(C(C)Nc2ccc(C)c(O)c2C)cs1. The van der Waals surface area contributed by atoms with Gasteiger partial charge in [-0.15, -0.1) is 11.3 Å². The van der Waals surface area contributed by atoms with Crippen molar-refractivity contribution >= 4 is 17.0 Å². The number of hydrogen-bond donors (Lipinski definition) is 2. The number of aryl methyl sites for hydroxylation is 2. The predicted octanol–water partition coefficient (Wildman–Crippen LogP) is 3.95. The summed E-state index contributed by atoms with van der Waals surface area (Å²) in [6.07, 6.45) is 0. The number of phenolic OH excluding ortho intramolecular Hbond substituents is 1. The van der Waals surface area contributed by atoms with Crippen molar-refractivity contribution in [2.45, 2.75) is 33.7 Å². The summed E-state index contributed by atoms with van der Waals surface area (Å²) in [6.45, 7) is 7.90. The maximum atomic E-state index is 9.92. The molecule has 1 unspecified atom stereocenters. The lowest BCUT2D eigenvalue weighted by Gasteiger charge is -2.16. The van der Waals surface area contributed by atoms with Crippen molar-refractivity contribution in [3.8, 4) is 5.75 Å². The number of phenols is 1. The van der Waals surface area contributed by atoms with Gasteiger partial charge in [0.2, 0.25) is 0 Å². The first kappa shape index (κ1) is 12.9. The van der Waals surface area contributed by atoms with Gasteiger partial charge in [0.25, 0.3) is 0 Å². The van der Waals surface area contributed by atoms with Crippen LogP contribution in [0.4, 0.5) is 5.69 Å². The van der Waals surface area contributed by atoms with Crippen molar-refractivity contribution in [3.63, 3.8) is 0 Å². The lowest BCUT2D eigenvalue weighted by atomic mass is 10.1. The molecule has 96 valence electrons. The molecule has 0 bridgehead atoms. The van der Waals surface area contributed by atoms with Gasteiger partial charge in [0, 0.05) is 16.6 Å². The number of benzene rings is 1. The number of nitrogens with zero attached hydrogens (tertiary/aromatic N) is 1. The summed E-state index contributed by atoms with van der Waals surface area (Å²) < 4.78 is 0.